The fraction of sp³-hybridized carbons (Fsp3) is 0.222. The number of aryl methyl sites for hydroxylation is 2. The number of carbonyl (C=O) groups is 2. The molecule has 0 fully saturated rings. The summed E-state index contributed by atoms with van der Waals surface area (Å²) in [7, 11) is -3.74. The Morgan fingerprint density at radius 3 is 2.19 bits per heavy atom. The zero-order chi connectivity index (χ0) is 19.5. The van der Waals surface area contributed by atoms with Crippen molar-refractivity contribution in [2.45, 2.75) is 31.8 Å². The third kappa shape index (κ3) is 4.60. The van der Waals surface area contributed by atoms with E-state index in [4.69, 9.17) is 10.5 Å². The lowest BCUT2D eigenvalue weighted by atomic mass is 10.1. The first kappa shape index (κ1) is 19.5. The molecule has 0 spiro atoms. The minimum Gasteiger partial charge on any atom is -0.449 e. The quantitative estimate of drug-likeness (QED) is 0.749. The Kier molecular flexibility index (Phi) is 5.66. The number of rotatable bonds is 6. The molecule has 2 aromatic carbocycles. The third-order valence-electron chi connectivity index (χ3n) is 3.85. The Morgan fingerprint density at radius 1 is 1.04 bits per heavy atom. The average Bonchev–Trinajstić information content (AvgIpc) is 2.57. The van der Waals surface area contributed by atoms with Gasteiger partial charge in [-0.25, -0.2) is 13.2 Å². The maximum absolute atomic E-state index is 12.5. The van der Waals surface area contributed by atoms with E-state index in [1.807, 2.05) is 13.8 Å². The summed E-state index contributed by atoms with van der Waals surface area (Å²) in [5, 5.41) is 0. The Morgan fingerprint density at radius 2 is 1.65 bits per heavy atom. The standard InChI is InChI=1S/C18H20N2O5S/c1-11-4-9-16(10-12(11)2)26(23,24)20-15-7-5-14(6-8-15)18(22)25-13(3)17(19)21/h4-10,13,20H,1-3H3,(H2,19,21)/t13-/m0/s1. The summed E-state index contributed by atoms with van der Waals surface area (Å²) in [5.74, 6) is -1.48. The highest BCUT2D eigenvalue weighted by Crippen LogP contribution is 2.19. The van der Waals surface area contributed by atoms with Crippen LogP contribution in [0.5, 0.6) is 0 Å². The Balaban J connectivity index is 2.14. The molecule has 0 aromatic heterocycles. The maximum atomic E-state index is 12.5. The van der Waals surface area contributed by atoms with Crippen LogP contribution in [0, 0.1) is 13.8 Å². The smallest absolute Gasteiger partial charge is 0.338 e. The summed E-state index contributed by atoms with van der Waals surface area (Å²) in [6.07, 6.45) is -1.05. The van der Waals surface area contributed by atoms with Crippen molar-refractivity contribution in [1.82, 2.24) is 0 Å². The zero-order valence-corrected chi connectivity index (χ0v) is 15.5. The van der Waals surface area contributed by atoms with Gasteiger partial charge in [-0.1, -0.05) is 6.07 Å². The molecule has 0 radical (unpaired) electrons. The van der Waals surface area contributed by atoms with Crippen molar-refractivity contribution in [2.24, 2.45) is 5.73 Å². The minimum atomic E-state index is -3.74. The Bertz CT molecular complexity index is 937. The predicted octanol–water partition coefficient (Wildman–Crippen LogP) is 2.13. The molecule has 0 aliphatic rings. The molecular weight excluding hydrogens is 356 g/mol. The van der Waals surface area contributed by atoms with Gasteiger partial charge < -0.3 is 10.5 Å². The highest BCUT2D eigenvalue weighted by atomic mass is 32.2. The Labute approximate surface area is 152 Å². The van der Waals surface area contributed by atoms with E-state index in [2.05, 4.69) is 4.72 Å². The van der Waals surface area contributed by atoms with Crippen molar-refractivity contribution in [3.05, 3.63) is 59.2 Å². The molecule has 0 bridgehead atoms. The van der Waals surface area contributed by atoms with Crippen LogP contribution in [0.3, 0.4) is 0 Å². The lowest BCUT2D eigenvalue weighted by Crippen LogP contribution is -2.30. The number of hydrogen-bond donors (Lipinski definition) is 2. The molecular formula is C18H20N2O5S. The molecule has 8 heteroatoms. The number of carbonyl (C=O) groups excluding carboxylic acids is 2. The molecule has 138 valence electrons. The molecule has 0 saturated carbocycles. The van der Waals surface area contributed by atoms with E-state index in [0.29, 0.717) is 5.69 Å². The molecule has 2 rings (SSSR count). The number of anilines is 1. The van der Waals surface area contributed by atoms with E-state index in [1.165, 1.54) is 37.3 Å². The topological polar surface area (TPSA) is 116 Å². The summed E-state index contributed by atoms with van der Waals surface area (Å²) in [5.41, 5.74) is 7.37. The summed E-state index contributed by atoms with van der Waals surface area (Å²) in [4.78, 5) is 23.0. The third-order valence-corrected chi connectivity index (χ3v) is 5.22. The molecule has 2 aromatic rings. The van der Waals surface area contributed by atoms with Gasteiger partial charge in [0.15, 0.2) is 6.10 Å². The van der Waals surface area contributed by atoms with Gasteiger partial charge in [0.1, 0.15) is 0 Å². The number of nitrogens with one attached hydrogen (secondary N) is 1. The van der Waals surface area contributed by atoms with Crippen LogP contribution in [0.1, 0.15) is 28.4 Å². The molecule has 1 amide bonds. The molecule has 1 atom stereocenters. The first-order valence-electron chi connectivity index (χ1n) is 7.80. The van der Waals surface area contributed by atoms with Gasteiger partial charge in [-0.3, -0.25) is 9.52 Å². The van der Waals surface area contributed by atoms with E-state index in [9.17, 15) is 18.0 Å². The predicted molar refractivity (Wildman–Crippen MR) is 97.2 cm³/mol. The zero-order valence-electron chi connectivity index (χ0n) is 14.6. The van der Waals surface area contributed by atoms with Gasteiger partial charge >= 0.3 is 5.97 Å². The van der Waals surface area contributed by atoms with Crippen LogP contribution in [0.25, 0.3) is 0 Å². The number of nitrogens with two attached hydrogens (primary N) is 1. The van der Waals surface area contributed by atoms with Crippen molar-refractivity contribution < 1.29 is 22.7 Å². The highest BCUT2D eigenvalue weighted by molar-refractivity contribution is 7.92. The maximum Gasteiger partial charge on any atom is 0.338 e. The number of amides is 1. The SMILES string of the molecule is Cc1ccc(S(=O)(=O)Nc2ccc(C(=O)O[C@@H](C)C(N)=O)cc2)cc1C. The van der Waals surface area contributed by atoms with E-state index in [0.717, 1.165) is 11.1 Å². The summed E-state index contributed by atoms with van der Waals surface area (Å²) in [6.45, 7) is 5.10. The first-order valence-corrected chi connectivity index (χ1v) is 9.29. The van der Waals surface area contributed by atoms with Crippen molar-refractivity contribution in [3.8, 4) is 0 Å². The van der Waals surface area contributed by atoms with Gasteiger partial charge in [-0.05, 0) is 68.3 Å². The molecule has 3 N–H and O–H groups in total. The monoisotopic (exact) mass is 376 g/mol. The average molecular weight is 376 g/mol. The van der Waals surface area contributed by atoms with Crippen molar-refractivity contribution in [3.63, 3.8) is 0 Å². The van der Waals surface area contributed by atoms with Crippen LogP contribution >= 0.6 is 0 Å². The molecule has 0 saturated heterocycles. The van der Waals surface area contributed by atoms with Gasteiger partial charge in [0.05, 0.1) is 10.5 Å². The van der Waals surface area contributed by atoms with Crippen LogP contribution in [-0.4, -0.2) is 26.4 Å². The lowest BCUT2D eigenvalue weighted by molar-refractivity contribution is -0.125. The van der Waals surface area contributed by atoms with Crippen LogP contribution in [0.2, 0.25) is 0 Å². The van der Waals surface area contributed by atoms with E-state index in [-0.39, 0.29) is 10.5 Å². The van der Waals surface area contributed by atoms with Gasteiger partial charge in [0.2, 0.25) is 0 Å². The number of primary amides is 1. The number of sulfonamides is 1. The molecule has 26 heavy (non-hydrogen) atoms. The summed E-state index contributed by atoms with van der Waals surface area (Å²) in [6, 6.07) is 10.5. The lowest BCUT2D eigenvalue weighted by Gasteiger charge is -2.11. The van der Waals surface area contributed by atoms with Crippen molar-refractivity contribution in [1.29, 1.82) is 0 Å². The number of esters is 1. The van der Waals surface area contributed by atoms with E-state index >= 15 is 0 Å². The van der Waals surface area contributed by atoms with E-state index in [1.54, 1.807) is 12.1 Å². The normalized spacial score (nSPS) is 12.3. The van der Waals surface area contributed by atoms with E-state index < -0.39 is 28.0 Å². The highest BCUT2D eigenvalue weighted by Gasteiger charge is 2.17. The van der Waals surface area contributed by atoms with Crippen molar-refractivity contribution >= 4 is 27.6 Å². The molecule has 7 nitrogen and oxygen atoms in total. The Hall–Kier alpha value is -2.87. The number of hydrogen-bond acceptors (Lipinski definition) is 5. The second-order valence-electron chi connectivity index (χ2n) is 5.88. The molecule has 0 unspecified atom stereocenters. The van der Waals surface area contributed by atoms with Gasteiger partial charge in [0.25, 0.3) is 15.9 Å². The van der Waals surface area contributed by atoms with Crippen LogP contribution in [0.15, 0.2) is 47.4 Å². The van der Waals surface area contributed by atoms with Gasteiger partial charge in [-0.15, -0.1) is 0 Å². The van der Waals surface area contributed by atoms with Crippen LogP contribution in [-0.2, 0) is 19.6 Å². The number of benzene rings is 2. The first-order chi connectivity index (χ1) is 12.1. The fourth-order valence-electron chi connectivity index (χ4n) is 2.06. The second-order valence-corrected chi connectivity index (χ2v) is 7.56. The fourth-order valence-corrected chi connectivity index (χ4v) is 3.20. The molecule has 0 heterocycles. The largest absolute Gasteiger partial charge is 0.449 e. The van der Waals surface area contributed by atoms with Crippen LogP contribution in [0.4, 0.5) is 5.69 Å². The molecule has 0 aliphatic heterocycles. The molecule has 0 aliphatic carbocycles. The van der Waals surface area contributed by atoms with Gasteiger partial charge in [0, 0.05) is 5.69 Å². The summed E-state index contributed by atoms with van der Waals surface area (Å²) >= 11 is 0. The second kappa shape index (κ2) is 7.57. The van der Waals surface area contributed by atoms with Crippen LogP contribution < -0.4 is 10.5 Å². The summed E-state index contributed by atoms with van der Waals surface area (Å²) < 4.78 is 32.2. The number of ether oxygens (including phenoxy) is 1. The minimum absolute atomic E-state index is 0.152. The van der Waals surface area contributed by atoms with Crippen molar-refractivity contribution in [2.75, 3.05) is 4.72 Å². The van der Waals surface area contributed by atoms with Gasteiger partial charge in [-0.2, -0.15) is 0 Å².